The first-order valence-corrected chi connectivity index (χ1v) is 9.73. The molecule has 29 heavy (non-hydrogen) atoms. The molecule has 9 nitrogen and oxygen atoms in total. The number of para-hydroxylation sites is 1. The van der Waals surface area contributed by atoms with Crippen LogP contribution in [-0.2, 0) is 13.5 Å². The van der Waals surface area contributed by atoms with Crippen molar-refractivity contribution in [2.75, 3.05) is 38.6 Å². The normalized spacial score (nSPS) is 11.5. The summed E-state index contributed by atoms with van der Waals surface area (Å²) in [4.78, 5) is 13.2. The minimum absolute atomic E-state index is 0.672. The Bertz CT molecular complexity index is 953. The quantitative estimate of drug-likeness (QED) is 0.287. The number of aryl methyl sites for hydroxylation is 1. The molecule has 3 N–H and O–H groups in total. The van der Waals surface area contributed by atoms with Crippen LogP contribution in [0.1, 0.15) is 12.5 Å². The molecular weight excluding hydrogens is 368 g/mol. The van der Waals surface area contributed by atoms with Gasteiger partial charge in [0.25, 0.3) is 0 Å². The SMILES string of the molecule is CCNC(=NCCc1ccccc1OC)NCCNc1ncnc2c1cnn2C. The van der Waals surface area contributed by atoms with Gasteiger partial charge in [0.1, 0.15) is 17.9 Å². The van der Waals surface area contributed by atoms with E-state index in [1.807, 2.05) is 25.2 Å². The summed E-state index contributed by atoms with van der Waals surface area (Å²) < 4.78 is 7.13. The van der Waals surface area contributed by atoms with Crippen LogP contribution in [0.3, 0.4) is 0 Å². The summed E-state index contributed by atoms with van der Waals surface area (Å²) in [6.07, 6.45) is 4.14. The Morgan fingerprint density at radius 1 is 1.17 bits per heavy atom. The molecule has 0 atom stereocenters. The molecule has 0 bridgehead atoms. The molecule has 154 valence electrons. The first-order valence-electron chi connectivity index (χ1n) is 9.73. The highest BCUT2D eigenvalue weighted by Gasteiger charge is 2.07. The Morgan fingerprint density at radius 3 is 2.86 bits per heavy atom. The van der Waals surface area contributed by atoms with E-state index in [0.29, 0.717) is 19.6 Å². The van der Waals surface area contributed by atoms with E-state index in [9.17, 15) is 0 Å². The van der Waals surface area contributed by atoms with Crippen LogP contribution in [0.2, 0.25) is 0 Å². The summed E-state index contributed by atoms with van der Waals surface area (Å²) in [5.41, 5.74) is 1.96. The van der Waals surface area contributed by atoms with Gasteiger partial charge in [-0.1, -0.05) is 18.2 Å². The lowest BCUT2D eigenvalue weighted by atomic mass is 10.1. The largest absolute Gasteiger partial charge is 0.496 e. The second-order valence-corrected chi connectivity index (χ2v) is 6.40. The number of nitrogens with one attached hydrogen (secondary N) is 3. The topological polar surface area (TPSA) is 101 Å². The molecule has 3 rings (SSSR count). The first-order chi connectivity index (χ1) is 14.2. The maximum Gasteiger partial charge on any atom is 0.191 e. The molecule has 0 aliphatic rings. The zero-order valence-corrected chi connectivity index (χ0v) is 17.1. The van der Waals surface area contributed by atoms with Crippen LogP contribution in [0.25, 0.3) is 11.0 Å². The molecule has 0 fully saturated rings. The van der Waals surface area contributed by atoms with Crippen molar-refractivity contribution < 1.29 is 4.74 Å². The summed E-state index contributed by atoms with van der Waals surface area (Å²) >= 11 is 0. The minimum atomic E-state index is 0.672. The number of hydrogen-bond donors (Lipinski definition) is 3. The number of hydrogen-bond acceptors (Lipinski definition) is 6. The molecular formula is C20H28N8O. The zero-order chi connectivity index (χ0) is 20.5. The summed E-state index contributed by atoms with van der Waals surface area (Å²) in [6.45, 7) is 4.92. The van der Waals surface area contributed by atoms with Crippen LogP contribution in [0.15, 0.2) is 41.8 Å². The monoisotopic (exact) mass is 396 g/mol. The fourth-order valence-electron chi connectivity index (χ4n) is 3.00. The standard InChI is InChI=1S/C20H28N8O/c1-4-21-20(23-10-9-15-7-5-6-8-17(15)29-3)24-12-11-22-18-16-13-27-28(2)19(16)26-14-25-18/h5-8,13-14H,4,9-12H2,1-3H3,(H2,21,23,24)(H,22,25,26). The highest BCUT2D eigenvalue weighted by atomic mass is 16.5. The number of nitrogens with zero attached hydrogens (tertiary/aromatic N) is 5. The zero-order valence-electron chi connectivity index (χ0n) is 17.1. The molecule has 0 unspecified atom stereocenters. The van der Waals surface area contributed by atoms with Crippen LogP contribution in [-0.4, -0.2) is 59.0 Å². The number of rotatable bonds is 9. The van der Waals surface area contributed by atoms with Gasteiger partial charge in [0, 0.05) is 33.2 Å². The molecule has 2 aromatic heterocycles. The number of guanidine groups is 1. The predicted octanol–water partition coefficient (Wildman–Crippen LogP) is 1.58. The van der Waals surface area contributed by atoms with Gasteiger partial charge in [0.2, 0.25) is 0 Å². The first kappa shape index (κ1) is 20.4. The van der Waals surface area contributed by atoms with Gasteiger partial charge in [-0.3, -0.25) is 9.67 Å². The average molecular weight is 396 g/mol. The van der Waals surface area contributed by atoms with Gasteiger partial charge in [-0.25, -0.2) is 9.97 Å². The molecule has 1 aromatic carbocycles. The number of anilines is 1. The van der Waals surface area contributed by atoms with Gasteiger partial charge in [-0.15, -0.1) is 0 Å². The summed E-state index contributed by atoms with van der Waals surface area (Å²) in [7, 11) is 3.56. The molecule has 0 amide bonds. The lowest BCUT2D eigenvalue weighted by Gasteiger charge is -2.12. The lowest BCUT2D eigenvalue weighted by Crippen LogP contribution is -2.39. The van der Waals surface area contributed by atoms with Gasteiger partial charge in [-0.05, 0) is 25.0 Å². The van der Waals surface area contributed by atoms with E-state index >= 15 is 0 Å². The van der Waals surface area contributed by atoms with E-state index in [1.165, 1.54) is 0 Å². The molecule has 0 radical (unpaired) electrons. The van der Waals surface area contributed by atoms with Crippen molar-refractivity contribution in [3.05, 3.63) is 42.4 Å². The van der Waals surface area contributed by atoms with E-state index in [-0.39, 0.29) is 0 Å². The van der Waals surface area contributed by atoms with Gasteiger partial charge < -0.3 is 20.7 Å². The fourth-order valence-corrected chi connectivity index (χ4v) is 3.00. The molecule has 3 aromatic rings. The molecule has 2 heterocycles. The number of fused-ring (bicyclic) bond motifs is 1. The highest BCUT2D eigenvalue weighted by Crippen LogP contribution is 2.18. The van der Waals surface area contributed by atoms with Crippen LogP contribution < -0.4 is 20.7 Å². The third kappa shape index (κ3) is 5.34. The van der Waals surface area contributed by atoms with Crippen molar-refractivity contribution in [2.24, 2.45) is 12.0 Å². The second kappa shape index (κ2) is 10.3. The van der Waals surface area contributed by atoms with E-state index < -0.39 is 0 Å². The van der Waals surface area contributed by atoms with E-state index in [4.69, 9.17) is 4.74 Å². The molecule has 0 spiro atoms. The maximum absolute atomic E-state index is 5.40. The predicted molar refractivity (Wildman–Crippen MR) is 115 cm³/mol. The number of aliphatic imine (C=N–C) groups is 1. The lowest BCUT2D eigenvalue weighted by molar-refractivity contribution is 0.410. The van der Waals surface area contributed by atoms with Crippen molar-refractivity contribution in [1.29, 1.82) is 0 Å². The molecule has 0 saturated heterocycles. The number of ether oxygens (including phenoxy) is 1. The number of methoxy groups -OCH3 is 1. The van der Waals surface area contributed by atoms with Crippen molar-refractivity contribution in [3.8, 4) is 5.75 Å². The van der Waals surface area contributed by atoms with Crippen molar-refractivity contribution in [2.45, 2.75) is 13.3 Å². The fraction of sp³-hybridized carbons (Fsp3) is 0.400. The van der Waals surface area contributed by atoms with Crippen LogP contribution >= 0.6 is 0 Å². The highest BCUT2D eigenvalue weighted by molar-refractivity contribution is 5.86. The van der Waals surface area contributed by atoms with Crippen molar-refractivity contribution >= 4 is 22.8 Å². The third-order valence-electron chi connectivity index (χ3n) is 4.43. The van der Waals surface area contributed by atoms with Gasteiger partial charge >= 0.3 is 0 Å². The third-order valence-corrected chi connectivity index (χ3v) is 4.43. The molecule has 9 heteroatoms. The van der Waals surface area contributed by atoms with Gasteiger partial charge in [-0.2, -0.15) is 5.10 Å². The van der Waals surface area contributed by atoms with E-state index in [1.54, 1.807) is 24.3 Å². The number of benzene rings is 1. The summed E-state index contributed by atoms with van der Waals surface area (Å²) in [6, 6.07) is 8.03. The van der Waals surface area contributed by atoms with Crippen molar-refractivity contribution in [3.63, 3.8) is 0 Å². The van der Waals surface area contributed by atoms with Crippen LogP contribution in [0.5, 0.6) is 5.75 Å². The summed E-state index contributed by atoms with van der Waals surface area (Å²) in [5.74, 6) is 2.47. The van der Waals surface area contributed by atoms with Gasteiger partial charge in [0.05, 0.1) is 18.7 Å². The second-order valence-electron chi connectivity index (χ2n) is 6.40. The Morgan fingerprint density at radius 2 is 2.03 bits per heavy atom. The Kier molecular flexibility index (Phi) is 7.21. The molecule has 0 saturated carbocycles. The molecule has 0 aliphatic carbocycles. The minimum Gasteiger partial charge on any atom is -0.496 e. The smallest absolute Gasteiger partial charge is 0.191 e. The maximum atomic E-state index is 5.40. The average Bonchev–Trinajstić information content (AvgIpc) is 3.13. The Balaban J connectivity index is 1.50. The summed E-state index contributed by atoms with van der Waals surface area (Å²) in [5, 5.41) is 15.1. The van der Waals surface area contributed by atoms with E-state index in [2.05, 4.69) is 49.0 Å². The molecule has 0 aliphatic heterocycles. The Hall–Kier alpha value is -3.36. The Labute approximate surface area is 170 Å². The van der Waals surface area contributed by atoms with Gasteiger partial charge in [0.15, 0.2) is 11.6 Å². The van der Waals surface area contributed by atoms with E-state index in [0.717, 1.165) is 47.1 Å². The van der Waals surface area contributed by atoms with Crippen molar-refractivity contribution in [1.82, 2.24) is 30.4 Å². The van der Waals surface area contributed by atoms with Crippen LogP contribution in [0, 0.1) is 0 Å². The number of aromatic nitrogens is 4. The van der Waals surface area contributed by atoms with Crippen LogP contribution in [0.4, 0.5) is 5.82 Å².